The molecule has 4 saturated carbocycles. The van der Waals surface area contributed by atoms with Gasteiger partial charge < -0.3 is 15.4 Å². The highest BCUT2D eigenvalue weighted by atomic mass is 16.5. The fraction of sp³-hybridized carbons (Fsp3) is 0.619. The van der Waals surface area contributed by atoms with Gasteiger partial charge in [0.1, 0.15) is 11.4 Å². The van der Waals surface area contributed by atoms with E-state index in [1.807, 2.05) is 18.2 Å². The smallest absolute Gasteiger partial charge is 0.268 e. The number of para-hydroxylation sites is 1. The maximum Gasteiger partial charge on any atom is 0.268 e. The van der Waals surface area contributed by atoms with Crippen LogP contribution in [-0.4, -0.2) is 17.4 Å². The minimum atomic E-state index is -0.907. The fourth-order valence-electron chi connectivity index (χ4n) is 6.08. The van der Waals surface area contributed by atoms with Gasteiger partial charge in [0, 0.05) is 0 Å². The van der Waals surface area contributed by atoms with Crippen LogP contribution in [0.5, 0.6) is 5.75 Å². The number of nitrogens with one attached hydrogen (secondary N) is 2. The SMILES string of the molecule is CC1(C)Oc2cccc(NC(=O)C34CC5CC(CC(C5)C3)C4)c2NC1=O. The minimum absolute atomic E-state index is 0.129. The first-order valence-corrected chi connectivity index (χ1v) is 9.80. The van der Waals surface area contributed by atoms with Gasteiger partial charge in [0.25, 0.3) is 5.91 Å². The van der Waals surface area contributed by atoms with Crippen LogP contribution >= 0.6 is 0 Å². The van der Waals surface area contributed by atoms with E-state index in [4.69, 9.17) is 4.74 Å². The van der Waals surface area contributed by atoms with Gasteiger partial charge in [0.15, 0.2) is 5.60 Å². The Morgan fingerprint density at radius 2 is 1.73 bits per heavy atom. The topological polar surface area (TPSA) is 67.4 Å². The van der Waals surface area contributed by atoms with Crippen molar-refractivity contribution in [2.45, 2.75) is 58.0 Å². The molecule has 4 aliphatic carbocycles. The highest BCUT2D eigenvalue weighted by Gasteiger charge is 2.54. The first kappa shape index (κ1) is 16.2. The van der Waals surface area contributed by atoms with Crippen molar-refractivity contribution >= 4 is 23.2 Å². The molecule has 1 aliphatic heterocycles. The summed E-state index contributed by atoms with van der Waals surface area (Å²) >= 11 is 0. The molecule has 2 N–H and O–H groups in total. The van der Waals surface area contributed by atoms with E-state index in [0.717, 1.165) is 37.0 Å². The number of anilines is 2. The maximum atomic E-state index is 13.3. The molecule has 5 nitrogen and oxygen atoms in total. The van der Waals surface area contributed by atoms with Crippen LogP contribution in [0.25, 0.3) is 0 Å². The van der Waals surface area contributed by atoms with Gasteiger partial charge in [-0.1, -0.05) is 6.07 Å². The molecule has 6 rings (SSSR count). The number of ether oxygens (including phenoxy) is 1. The van der Waals surface area contributed by atoms with E-state index in [1.165, 1.54) is 19.3 Å². The molecule has 5 aliphatic rings. The first-order valence-electron chi connectivity index (χ1n) is 9.80. The molecule has 0 unspecified atom stereocenters. The van der Waals surface area contributed by atoms with Crippen LogP contribution in [0.3, 0.4) is 0 Å². The number of benzene rings is 1. The van der Waals surface area contributed by atoms with Crippen molar-refractivity contribution in [3.05, 3.63) is 18.2 Å². The molecule has 4 bridgehead atoms. The molecule has 0 atom stereocenters. The Morgan fingerprint density at radius 1 is 1.12 bits per heavy atom. The van der Waals surface area contributed by atoms with Crippen molar-refractivity contribution in [1.82, 2.24) is 0 Å². The number of fused-ring (bicyclic) bond motifs is 1. The second kappa shape index (κ2) is 5.24. The van der Waals surface area contributed by atoms with Gasteiger partial charge in [-0.2, -0.15) is 0 Å². The summed E-state index contributed by atoms with van der Waals surface area (Å²) in [5, 5.41) is 6.06. The highest BCUT2D eigenvalue weighted by Crippen LogP contribution is 2.60. The zero-order chi connectivity index (χ0) is 18.1. The molecule has 1 heterocycles. The molecule has 1 aromatic carbocycles. The maximum absolute atomic E-state index is 13.3. The van der Waals surface area contributed by atoms with Crippen molar-refractivity contribution in [1.29, 1.82) is 0 Å². The van der Waals surface area contributed by atoms with Crippen LogP contribution in [-0.2, 0) is 9.59 Å². The lowest BCUT2D eigenvalue weighted by molar-refractivity contribution is -0.140. The molecule has 4 fully saturated rings. The van der Waals surface area contributed by atoms with Crippen molar-refractivity contribution in [2.75, 3.05) is 10.6 Å². The third-order valence-electron chi connectivity index (χ3n) is 6.94. The van der Waals surface area contributed by atoms with E-state index in [0.29, 0.717) is 17.1 Å². The van der Waals surface area contributed by atoms with Crippen molar-refractivity contribution in [3.63, 3.8) is 0 Å². The number of carbonyl (C=O) groups excluding carboxylic acids is 2. The fourth-order valence-corrected chi connectivity index (χ4v) is 6.08. The second-order valence-corrected chi connectivity index (χ2v) is 9.40. The summed E-state index contributed by atoms with van der Waals surface area (Å²) in [7, 11) is 0. The number of hydrogen-bond donors (Lipinski definition) is 2. The molecule has 0 aromatic heterocycles. The molecule has 0 saturated heterocycles. The molecular weight excluding hydrogens is 328 g/mol. The quantitative estimate of drug-likeness (QED) is 0.845. The Morgan fingerprint density at radius 3 is 2.35 bits per heavy atom. The molecule has 138 valence electrons. The molecular formula is C21H26N2O3. The van der Waals surface area contributed by atoms with E-state index < -0.39 is 5.60 Å². The summed E-state index contributed by atoms with van der Waals surface area (Å²) in [6.45, 7) is 3.48. The van der Waals surface area contributed by atoms with E-state index in [9.17, 15) is 9.59 Å². The van der Waals surface area contributed by atoms with Crippen molar-refractivity contribution in [3.8, 4) is 5.75 Å². The van der Waals surface area contributed by atoms with Crippen LogP contribution in [0, 0.1) is 23.2 Å². The molecule has 26 heavy (non-hydrogen) atoms. The molecule has 1 aromatic rings. The largest absolute Gasteiger partial charge is 0.476 e. The third-order valence-corrected chi connectivity index (χ3v) is 6.94. The summed E-state index contributed by atoms with van der Waals surface area (Å²) in [4.78, 5) is 25.6. The molecule has 0 spiro atoms. The molecule has 0 radical (unpaired) electrons. The number of amides is 2. The number of rotatable bonds is 2. The van der Waals surface area contributed by atoms with Gasteiger partial charge in [-0.15, -0.1) is 0 Å². The van der Waals surface area contributed by atoms with Gasteiger partial charge in [0.2, 0.25) is 5.91 Å². The van der Waals surface area contributed by atoms with Crippen molar-refractivity contribution < 1.29 is 14.3 Å². The van der Waals surface area contributed by atoms with E-state index >= 15 is 0 Å². The third kappa shape index (κ3) is 2.36. The zero-order valence-electron chi connectivity index (χ0n) is 15.4. The van der Waals surface area contributed by atoms with Crippen LogP contribution in [0.4, 0.5) is 11.4 Å². The van der Waals surface area contributed by atoms with Gasteiger partial charge in [-0.25, -0.2) is 0 Å². The Bertz CT molecular complexity index is 763. The Kier molecular flexibility index (Phi) is 3.26. The van der Waals surface area contributed by atoms with Crippen LogP contribution < -0.4 is 15.4 Å². The van der Waals surface area contributed by atoms with Gasteiger partial charge in [0.05, 0.1) is 11.1 Å². The van der Waals surface area contributed by atoms with Gasteiger partial charge in [-0.3, -0.25) is 9.59 Å². The Hall–Kier alpha value is -2.04. The highest BCUT2D eigenvalue weighted by molar-refractivity contribution is 6.06. The normalized spacial score (nSPS) is 36.1. The Labute approximate surface area is 153 Å². The monoisotopic (exact) mass is 354 g/mol. The van der Waals surface area contributed by atoms with Crippen LogP contribution in [0.15, 0.2) is 18.2 Å². The standard InChI is InChI=1S/C21H26N2O3/c1-20(2)18(24)23-17-15(4-3-5-16(17)26-20)22-19(25)21-9-12-6-13(10-21)8-14(7-12)11-21/h3-5,12-14H,6-11H2,1-2H3,(H,22,25)(H,23,24). The summed E-state index contributed by atoms with van der Waals surface area (Å²) in [5.41, 5.74) is 0.105. The number of hydrogen-bond acceptors (Lipinski definition) is 3. The Balaban J connectivity index is 1.43. The van der Waals surface area contributed by atoms with E-state index in [1.54, 1.807) is 13.8 Å². The van der Waals surface area contributed by atoms with E-state index in [2.05, 4.69) is 10.6 Å². The van der Waals surface area contributed by atoms with Crippen molar-refractivity contribution in [2.24, 2.45) is 23.2 Å². The summed E-state index contributed by atoms with van der Waals surface area (Å²) in [6.07, 6.45) is 7.01. The lowest BCUT2D eigenvalue weighted by Gasteiger charge is -2.55. The molecule has 5 heteroatoms. The van der Waals surface area contributed by atoms with Crippen LogP contribution in [0.1, 0.15) is 52.4 Å². The summed E-state index contributed by atoms with van der Waals surface area (Å²) in [6, 6.07) is 5.54. The minimum Gasteiger partial charge on any atom is -0.476 e. The lowest BCUT2D eigenvalue weighted by atomic mass is 9.49. The molecule has 2 amide bonds. The predicted molar refractivity (Wildman–Crippen MR) is 99.0 cm³/mol. The summed E-state index contributed by atoms with van der Waals surface area (Å²) < 4.78 is 5.84. The predicted octanol–water partition coefficient (Wildman–Crippen LogP) is 3.95. The van der Waals surface area contributed by atoms with Crippen LogP contribution in [0.2, 0.25) is 0 Å². The van der Waals surface area contributed by atoms with E-state index in [-0.39, 0.29) is 17.2 Å². The van der Waals surface area contributed by atoms with Gasteiger partial charge >= 0.3 is 0 Å². The first-order chi connectivity index (χ1) is 12.3. The number of carbonyl (C=O) groups is 2. The average Bonchev–Trinajstić information content (AvgIpc) is 2.55. The lowest BCUT2D eigenvalue weighted by Crippen LogP contribution is -2.52. The zero-order valence-corrected chi connectivity index (χ0v) is 15.4. The second-order valence-electron chi connectivity index (χ2n) is 9.40. The summed E-state index contributed by atoms with van der Waals surface area (Å²) in [5.74, 6) is 2.71. The van der Waals surface area contributed by atoms with Gasteiger partial charge in [-0.05, 0) is 82.3 Å². The average molecular weight is 354 g/mol.